The third-order valence-electron chi connectivity index (χ3n) is 2.77. The van der Waals surface area contributed by atoms with E-state index in [2.05, 4.69) is 10.3 Å². The van der Waals surface area contributed by atoms with E-state index < -0.39 is 6.09 Å². The van der Waals surface area contributed by atoms with E-state index in [1.807, 2.05) is 6.07 Å². The van der Waals surface area contributed by atoms with Gasteiger partial charge >= 0.3 is 6.09 Å². The van der Waals surface area contributed by atoms with E-state index in [0.29, 0.717) is 17.2 Å². The van der Waals surface area contributed by atoms with Crippen LogP contribution in [0.25, 0.3) is 0 Å². The molecule has 1 aromatic heterocycles. The molecule has 0 bridgehead atoms. The molecule has 0 atom stereocenters. The van der Waals surface area contributed by atoms with Crippen LogP contribution in [0, 0.1) is 0 Å². The molecule has 1 amide bonds. The Morgan fingerprint density at radius 1 is 1.36 bits per heavy atom. The van der Waals surface area contributed by atoms with Crippen molar-refractivity contribution in [2.75, 3.05) is 14.2 Å². The highest BCUT2D eigenvalue weighted by Gasteiger charge is 2.10. The van der Waals surface area contributed by atoms with Crippen molar-refractivity contribution in [1.29, 1.82) is 0 Å². The molecule has 0 fully saturated rings. The molecule has 1 N–H and O–H groups in total. The van der Waals surface area contributed by atoms with E-state index in [4.69, 9.17) is 25.8 Å². The van der Waals surface area contributed by atoms with E-state index in [9.17, 15) is 4.79 Å². The summed E-state index contributed by atoms with van der Waals surface area (Å²) in [5, 5.41) is 4.64. The number of carbonyl (C=O) groups is 1. The summed E-state index contributed by atoms with van der Waals surface area (Å²) in [5.74, 6) is 1.59. The molecule has 0 unspecified atom stereocenters. The zero-order valence-electron chi connectivity index (χ0n) is 12.1. The summed E-state index contributed by atoms with van der Waals surface area (Å²) in [6, 6.07) is 5.35. The molecule has 0 aliphatic rings. The van der Waals surface area contributed by atoms with Crippen molar-refractivity contribution in [3.8, 4) is 16.7 Å². The van der Waals surface area contributed by atoms with Crippen LogP contribution in [0.3, 0.4) is 0 Å². The normalized spacial score (nSPS) is 10.1. The molecule has 22 heavy (non-hydrogen) atoms. The molecule has 0 saturated heterocycles. The van der Waals surface area contributed by atoms with E-state index >= 15 is 0 Å². The van der Waals surface area contributed by atoms with E-state index in [0.717, 1.165) is 5.56 Å². The van der Waals surface area contributed by atoms with Crippen molar-refractivity contribution < 1.29 is 19.0 Å². The van der Waals surface area contributed by atoms with Crippen molar-refractivity contribution in [3.63, 3.8) is 0 Å². The standard InChI is InChI=1S/C14H15ClN2O4S/c1-19-11-4-3-9(12(5-11)20-2)7-16-13(18)21-14-17-10(6-15)8-22-14/h3-5,8H,6-7H2,1-2H3,(H,16,18). The number of ether oxygens (including phenoxy) is 3. The Labute approximate surface area is 137 Å². The number of benzene rings is 1. The van der Waals surface area contributed by atoms with E-state index in [1.54, 1.807) is 31.7 Å². The maximum Gasteiger partial charge on any atom is 0.414 e. The molecule has 0 spiro atoms. The Morgan fingerprint density at radius 2 is 2.18 bits per heavy atom. The Bertz CT molecular complexity index is 648. The largest absolute Gasteiger partial charge is 0.497 e. The van der Waals surface area contributed by atoms with Gasteiger partial charge in [-0.3, -0.25) is 0 Å². The Hall–Kier alpha value is -1.99. The average Bonchev–Trinajstić information content (AvgIpc) is 3.00. The highest BCUT2D eigenvalue weighted by atomic mass is 35.5. The fourth-order valence-electron chi connectivity index (χ4n) is 1.68. The molecule has 8 heteroatoms. The molecule has 0 aliphatic heterocycles. The first-order valence-corrected chi connectivity index (χ1v) is 7.74. The van der Waals surface area contributed by atoms with Gasteiger partial charge in [0.1, 0.15) is 11.5 Å². The summed E-state index contributed by atoms with van der Waals surface area (Å²) >= 11 is 6.86. The number of nitrogens with one attached hydrogen (secondary N) is 1. The Balaban J connectivity index is 1.93. The highest BCUT2D eigenvalue weighted by Crippen LogP contribution is 2.24. The monoisotopic (exact) mass is 342 g/mol. The molecule has 1 aromatic carbocycles. The molecule has 0 aliphatic carbocycles. The van der Waals surface area contributed by atoms with Crippen molar-refractivity contribution in [1.82, 2.24) is 10.3 Å². The lowest BCUT2D eigenvalue weighted by Gasteiger charge is -2.10. The van der Waals surface area contributed by atoms with E-state index in [-0.39, 0.29) is 17.6 Å². The van der Waals surface area contributed by atoms with Gasteiger partial charge in [0.05, 0.1) is 25.8 Å². The second-order valence-electron chi connectivity index (χ2n) is 4.16. The van der Waals surface area contributed by atoms with Crippen LogP contribution < -0.4 is 19.5 Å². The predicted octanol–water partition coefficient (Wildman–Crippen LogP) is 3.19. The van der Waals surface area contributed by atoms with Gasteiger partial charge in [-0.1, -0.05) is 11.3 Å². The highest BCUT2D eigenvalue weighted by molar-refractivity contribution is 7.11. The summed E-state index contributed by atoms with van der Waals surface area (Å²) in [7, 11) is 3.13. The second-order valence-corrected chi connectivity index (χ2v) is 5.25. The lowest BCUT2D eigenvalue weighted by atomic mass is 10.2. The number of rotatable bonds is 6. The fourth-order valence-corrected chi connectivity index (χ4v) is 2.57. The Kier molecular flexibility index (Phi) is 5.85. The quantitative estimate of drug-likeness (QED) is 0.816. The second kappa shape index (κ2) is 7.86. The smallest absolute Gasteiger partial charge is 0.414 e. The number of amides is 1. The first-order chi connectivity index (χ1) is 10.7. The number of hydrogen-bond acceptors (Lipinski definition) is 6. The first-order valence-electron chi connectivity index (χ1n) is 6.33. The first kappa shape index (κ1) is 16.4. The van der Waals surface area contributed by atoms with Crippen molar-refractivity contribution in [2.24, 2.45) is 0 Å². The van der Waals surface area contributed by atoms with Crippen LogP contribution in [0.2, 0.25) is 0 Å². The van der Waals surface area contributed by atoms with Gasteiger partial charge in [0, 0.05) is 23.6 Å². The minimum Gasteiger partial charge on any atom is -0.497 e. The predicted molar refractivity (Wildman–Crippen MR) is 84.1 cm³/mol. The number of thiazole rings is 1. The van der Waals surface area contributed by atoms with Crippen LogP contribution in [0.4, 0.5) is 4.79 Å². The van der Waals surface area contributed by atoms with Crippen LogP contribution in [0.5, 0.6) is 16.7 Å². The zero-order chi connectivity index (χ0) is 15.9. The van der Waals surface area contributed by atoms with Crippen LogP contribution in [-0.2, 0) is 12.4 Å². The molecular formula is C14H15ClN2O4S. The number of alkyl halides is 1. The molecule has 0 radical (unpaired) electrons. The summed E-state index contributed by atoms with van der Waals surface area (Å²) in [5.41, 5.74) is 1.48. The maximum absolute atomic E-state index is 11.7. The maximum atomic E-state index is 11.7. The minimum absolute atomic E-state index is 0.259. The molecule has 6 nitrogen and oxygen atoms in total. The van der Waals surface area contributed by atoms with Crippen LogP contribution in [0.1, 0.15) is 11.3 Å². The van der Waals surface area contributed by atoms with Gasteiger partial charge in [0.25, 0.3) is 5.19 Å². The summed E-state index contributed by atoms with van der Waals surface area (Å²) < 4.78 is 15.4. The summed E-state index contributed by atoms with van der Waals surface area (Å²) in [6.45, 7) is 0.264. The number of hydrogen-bond donors (Lipinski definition) is 1. The number of methoxy groups -OCH3 is 2. The lowest BCUT2D eigenvalue weighted by Crippen LogP contribution is -2.26. The third-order valence-corrected chi connectivity index (χ3v) is 3.81. The summed E-state index contributed by atoms with van der Waals surface area (Å²) in [6.07, 6.45) is -0.589. The average molecular weight is 343 g/mol. The van der Waals surface area contributed by atoms with Gasteiger partial charge in [0.2, 0.25) is 0 Å². The minimum atomic E-state index is -0.589. The third kappa shape index (κ3) is 4.25. The van der Waals surface area contributed by atoms with Gasteiger partial charge in [-0.2, -0.15) is 0 Å². The van der Waals surface area contributed by atoms with Crippen LogP contribution >= 0.6 is 22.9 Å². The van der Waals surface area contributed by atoms with Crippen molar-refractivity contribution in [3.05, 3.63) is 34.8 Å². The number of nitrogens with zero attached hydrogens (tertiary/aromatic N) is 1. The molecule has 2 aromatic rings. The van der Waals surface area contributed by atoms with Gasteiger partial charge in [-0.15, -0.1) is 11.6 Å². The summed E-state index contributed by atoms with van der Waals surface area (Å²) in [4.78, 5) is 15.8. The number of halogens is 1. The van der Waals surface area contributed by atoms with Crippen molar-refractivity contribution in [2.45, 2.75) is 12.4 Å². The lowest BCUT2D eigenvalue weighted by molar-refractivity contribution is 0.199. The van der Waals surface area contributed by atoms with Gasteiger partial charge in [0.15, 0.2) is 0 Å². The van der Waals surface area contributed by atoms with E-state index in [1.165, 1.54) is 11.3 Å². The molecule has 118 valence electrons. The molecule has 0 saturated carbocycles. The van der Waals surface area contributed by atoms with Gasteiger partial charge in [-0.05, 0) is 12.1 Å². The zero-order valence-corrected chi connectivity index (χ0v) is 13.7. The van der Waals surface area contributed by atoms with Crippen LogP contribution in [-0.4, -0.2) is 25.3 Å². The molecule has 2 rings (SSSR count). The molecular weight excluding hydrogens is 328 g/mol. The number of carbonyl (C=O) groups excluding carboxylic acids is 1. The molecule has 1 heterocycles. The fraction of sp³-hybridized carbons (Fsp3) is 0.286. The topological polar surface area (TPSA) is 69.7 Å². The van der Waals surface area contributed by atoms with Gasteiger partial charge in [-0.25, -0.2) is 9.78 Å². The Morgan fingerprint density at radius 3 is 2.82 bits per heavy atom. The van der Waals surface area contributed by atoms with Crippen molar-refractivity contribution >= 4 is 29.0 Å². The van der Waals surface area contributed by atoms with Gasteiger partial charge < -0.3 is 19.5 Å². The number of aromatic nitrogens is 1. The van der Waals surface area contributed by atoms with Crippen LogP contribution in [0.15, 0.2) is 23.6 Å². The SMILES string of the molecule is COc1ccc(CNC(=O)Oc2nc(CCl)cs2)c(OC)c1.